The molecule has 0 heterocycles. The number of esters is 1. The monoisotopic (exact) mass is 246 g/mol. The summed E-state index contributed by atoms with van der Waals surface area (Å²) in [5, 5.41) is 17.8. The van der Waals surface area contributed by atoms with E-state index in [9.17, 15) is 23.5 Å². The smallest absolute Gasteiger partial charge is 0.341 e. The third-order valence-electron chi connectivity index (χ3n) is 2.02. The maximum atomic E-state index is 13.2. The fourth-order valence-electron chi connectivity index (χ4n) is 1.20. The van der Waals surface area contributed by atoms with Gasteiger partial charge >= 0.3 is 11.9 Å². The second-order valence-electron chi connectivity index (χ2n) is 3.09. The molecule has 7 heteroatoms. The summed E-state index contributed by atoms with van der Waals surface area (Å²) in [6.07, 6.45) is -1.87. The molecular weight excluding hydrogens is 238 g/mol. The number of ether oxygens (including phenoxy) is 1. The first-order valence-electron chi connectivity index (χ1n) is 4.36. The maximum Gasteiger partial charge on any atom is 0.341 e. The van der Waals surface area contributed by atoms with Gasteiger partial charge in [0.05, 0.1) is 7.11 Å². The van der Waals surface area contributed by atoms with Crippen molar-refractivity contribution in [2.75, 3.05) is 7.11 Å². The van der Waals surface area contributed by atoms with E-state index in [1.54, 1.807) is 0 Å². The highest BCUT2D eigenvalue weighted by Gasteiger charge is 2.24. The Morgan fingerprint density at radius 3 is 2.12 bits per heavy atom. The number of hydrogen-bond acceptors (Lipinski definition) is 4. The average Bonchev–Trinajstić information content (AvgIpc) is 2.25. The number of benzene rings is 1. The van der Waals surface area contributed by atoms with Gasteiger partial charge in [0.2, 0.25) is 0 Å². The van der Waals surface area contributed by atoms with E-state index in [0.717, 1.165) is 7.11 Å². The molecule has 1 aromatic rings. The minimum absolute atomic E-state index is 0.420. The van der Waals surface area contributed by atoms with Crippen LogP contribution in [0, 0.1) is 11.6 Å². The number of halogens is 2. The summed E-state index contributed by atoms with van der Waals surface area (Å²) in [4.78, 5) is 21.4. The standard InChI is InChI=1S/C10H8F2O5/c1-17-10(16)8(13)4-2-5(11)7(9(14)15)6(12)3-4/h2-3,8,13H,1H3,(H,14,15). The van der Waals surface area contributed by atoms with Gasteiger partial charge in [-0.1, -0.05) is 0 Å². The SMILES string of the molecule is COC(=O)C(O)c1cc(F)c(C(=O)O)c(F)c1. The molecule has 2 N–H and O–H groups in total. The topological polar surface area (TPSA) is 83.8 Å². The lowest BCUT2D eigenvalue weighted by Gasteiger charge is -2.10. The number of carboxylic acid groups (broad SMARTS) is 1. The van der Waals surface area contributed by atoms with E-state index in [4.69, 9.17) is 5.11 Å². The summed E-state index contributed by atoms with van der Waals surface area (Å²) in [5.74, 6) is -5.64. The zero-order chi connectivity index (χ0) is 13.2. The summed E-state index contributed by atoms with van der Waals surface area (Å²) in [5.41, 5.74) is -1.57. The fourth-order valence-corrected chi connectivity index (χ4v) is 1.20. The Balaban J connectivity index is 3.23. The molecule has 0 bridgehead atoms. The molecule has 0 saturated carbocycles. The second kappa shape index (κ2) is 4.88. The normalized spacial score (nSPS) is 12.0. The first kappa shape index (κ1) is 13.0. The predicted octanol–water partition coefficient (Wildman–Crippen LogP) is 0.869. The van der Waals surface area contributed by atoms with Gasteiger partial charge in [0.25, 0.3) is 0 Å². The van der Waals surface area contributed by atoms with E-state index in [0.29, 0.717) is 12.1 Å². The predicted molar refractivity (Wildman–Crippen MR) is 50.3 cm³/mol. The molecule has 1 unspecified atom stereocenters. The maximum absolute atomic E-state index is 13.2. The number of rotatable bonds is 3. The second-order valence-corrected chi connectivity index (χ2v) is 3.09. The van der Waals surface area contributed by atoms with Crippen LogP contribution in [0.1, 0.15) is 22.0 Å². The average molecular weight is 246 g/mol. The van der Waals surface area contributed by atoms with E-state index in [-0.39, 0.29) is 0 Å². The first-order valence-corrected chi connectivity index (χ1v) is 4.36. The lowest BCUT2D eigenvalue weighted by atomic mass is 10.1. The van der Waals surface area contributed by atoms with Gasteiger partial charge in [-0.3, -0.25) is 0 Å². The molecular formula is C10H8F2O5. The van der Waals surface area contributed by atoms with E-state index >= 15 is 0 Å². The molecule has 1 aromatic carbocycles. The molecule has 0 amide bonds. The van der Waals surface area contributed by atoms with Crippen molar-refractivity contribution in [3.63, 3.8) is 0 Å². The van der Waals surface area contributed by atoms with E-state index in [2.05, 4.69) is 4.74 Å². The summed E-state index contributed by atoms with van der Waals surface area (Å²) in [7, 11) is 0.990. The fraction of sp³-hybridized carbons (Fsp3) is 0.200. The van der Waals surface area contributed by atoms with Crippen LogP contribution in [0.5, 0.6) is 0 Å². The van der Waals surface area contributed by atoms with E-state index in [1.165, 1.54) is 0 Å². The lowest BCUT2D eigenvalue weighted by Crippen LogP contribution is -2.15. The Morgan fingerprint density at radius 1 is 1.29 bits per heavy atom. The molecule has 0 aromatic heterocycles. The molecule has 0 radical (unpaired) electrons. The zero-order valence-electron chi connectivity index (χ0n) is 8.61. The van der Waals surface area contributed by atoms with Gasteiger partial charge in [0, 0.05) is 0 Å². The van der Waals surface area contributed by atoms with Crippen LogP contribution in [0.2, 0.25) is 0 Å². The summed E-state index contributed by atoms with van der Waals surface area (Å²) >= 11 is 0. The number of carbonyl (C=O) groups is 2. The number of methoxy groups -OCH3 is 1. The van der Waals surface area contributed by atoms with Crippen molar-refractivity contribution in [2.24, 2.45) is 0 Å². The zero-order valence-corrected chi connectivity index (χ0v) is 8.61. The largest absolute Gasteiger partial charge is 0.477 e. The number of carboxylic acids is 1. The van der Waals surface area contributed by atoms with Gasteiger partial charge in [-0.05, 0) is 17.7 Å². The van der Waals surface area contributed by atoms with Crippen molar-refractivity contribution < 1.29 is 33.3 Å². The van der Waals surface area contributed by atoms with Gasteiger partial charge in [-0.2, -0.15) is 0 Å². The van der Waals surface area contributed by atoms with Crippen molar-refractivity contribution in [3.05, 3.63) is 34.9 Å². The van der Waals surface area contributed by atoms with Crippen molar-refractivity contribution in [1.82, 2.24) is 0 Å². The highest BCUT2D eigenvalue weighted by molar-refractivity contribution is 5.88. The summed E-state index contributed by atoms with van der Waals surface area (Å²) in [6, 6.07) is 1.13. The lowest BCUT2D eigenvalue weighted by molar-refractivity contribution is -0.150. The minimum Gasteiger partial charge on any atom is -0.477 e. The van der Waals surface area contributed by atoms with Gasteiger partial charge in [-0.15, -0.1) is 0 Å². The highest BCUT2D eigenvalue weighted by Crippen LogP contribution is 2.21. The Bertz CT molecular complexity index is 449. The van der Waals surface area contributed by atoms with Gasteiger partial charge in [0.1, 0.15) is 17.2 Å². The van der Waals surface area contributed by atoms with Gasteiger partial charge in [-0.25, -0.2) is 18.4 Å². The Morgan fingerprint density at radius 2 is 1.76 bits per heavy atom. The molecule has 1 atom stereocenters. The molecule has 5 nitrogen and oxygen atoms in total. The molecule has 0 aliphatic carbocycles. The molecule has 0 aliphatic heterocycles. The highest BCUT2D eigenvalue weighted by atomic mass is 19.1. The van der Waals surface area contributed by atoms with Crippen LogP contribution in [0.15, 0.2) is 12.1 Å². The van der Waals surface area contributed by atoms with Crippen LogP contribution in [0.4, 0.5) is 8.78 Å². The Kier molecular flexibility index (Phi) is 3.74. The number of aliphatic hydroxyl groups excluding tert-OH is 1. The number of carbonyl (C=O) groups excluding carboxylic acids is 1. The summed E-state index contributed by atoms with van der Waals surface area (Å²) < 4.78 is 30.6. The van der Waals surface area contributed by atoms with Gasteiger partial charge < -0.3 is 14.9 Å². The van der Waals surface area contributed by atoms with E-state index < -0.39 is 40.8 Å². The number of aromatic carboxylic acids is 1. The molecule has 0 spiro atoms. The van der Waals surface area contributed by atoms with Crippen molar-refractivity contribution >= 4 is 11.9 Å². The van der Waals surface area contributed by atoms with Crippen molar-refractivity contribution in [1.29, 1.82) is 0 Å². The van der Waals surface area contributed by atoms with Crippen LogP contribution < -0.4 is 0 Å². The molecule has 0 aliphatic rings. The van der Waals surface area contributed by atoms with Crippen molar-refractivity contribution in [2.45, 2.75) is 6.10 Å². The van der Waals surface area contributed by atoms with Crippen LogP contribution in [-0.4, -0.2) is 29.3 Å². The minimum atomic E-state index is -1.87. The van der Waals surface area contributed by atoms with Crippen molar-refractivity contribution in [3.8, 4) is 0 Å². The number of hydrogen-bond donors (Lipinski definition) is 2. The molecule has 17 heavy (non-hydrogen) atoms. The van der Waals surface area contributed by atoms with Crippen LogP contribution in [-0.2, 0) is 9.53 Å². The summed E-state index contributed by atoms with van der Waals surface area (Å²) in [6.45, 7) is 0. The van der Waals surface area contributed by atoms with Gasteiger partial charge in [0.15, 0.2) is 6.10 Å². The third kappa shape index (κ3) is 2.56. The Labute approximate surface area is 94.2 Å². The van der Waals surface area contributed by atoms with Crippen LogP contribution >= 0.6 is 0 Å². The molecule has 1 rings (SSSR count). The first-order chi connectivity index (χ1) is 7.88. The number of aliphatic hydroxyl groups is 1. The quantitative estimate of drug-likeness (QED) is 0.773. The van der Waals surface area contributed by atoms with Crippen LogP contribution in [0.3, 0.4) is 0 Å². The van der Waals surface area contributed by atoms with E-state index in [1.807, 2.05) is 0 Å². The Hall–Kier alpha value is -2.02. The molecule has 92 valence electrons. The molecule has 0 fully saturated rings. The molecule has 0 saturated heterocycles. The third-order valence-corrected chi connectivity index (χ3v) is 2.02. The van der Waals surface area contributed by atoms with Crippen LogP contribution in [0.25, 0.3) is 0 Å².